The molecule has 0 atom stereocenters. The zero-order valence-electron chi connectivity index (χ0n) is 21.7. The highest BCUT2D eigenvalue weighted by molar-refractivity contribution is 7.07. The van der Waals surface area contributed by atoms with Crippen LogP contribution in [0.15, 0.2) is 52.8 Å². The predicted octanol–water partition coefficient (Wildman–Crippen LogP) is 6.35. The van der Waals surface area contributed by atoms with Crippen LogP contribution in [0.4, 0.5) is 14.9 Å². The number of rotatable bonds is 10. The number of thiazole rings is 1. The molecule has 1 heterocycles. The molecular formula is C27H31ClFN3O5S. The Balaban J connectivity index is 1.93. The van der Waals surface area contributed by atoms with Gasteiger partial charge in [-0.15, -0.1) is 11.3 Å². The summed E-state index contributed by atoms with van der Waals surface area (Å²) in [6.07, 6.45) is -0.263. The molecular weight excluding hydrogens is 533 g/mol. The van der Waals surface area contributed by atoms with Crippen LogP contribution in [-0.2, 0) is 16.1 Å². The Kier molecular flexibility index (Phi) is 9.93. The molecule has 11 heteroatoms. The Morgan fingerprint density at radius 1 is 1.16 bits per heavy atom. The Morgan fingerprint density at radius 2 is 1.87 bits per heavy atom. The van der Waals surface area contributed by atoms with E-state index in [0.717, 1.165) is 11.3 Å². The number of halogens is 2. The van der Waals surface area contributed by atoms with Gasteiger partial charge in [-0.25, -0.2) is 14.2 Å². The van der Waals surface area contributed by atoms with Gasteiger partial charge >= 0.3 is 12.1 Å². The number of methoxy groups -OCH3 is 1. The van der Waals surface area contributed by atoms with Crippen molar-refractivity contribution in [1.82, 2.24) is 9.47 Å². The molecule has 38 heavy (non-hydrogen) atoms. The van der Waals surface area contributed by atoms with Crippen LogP contribution in [-0.4, -0.2) is 52.4 Å². The number of carbonyl (C=O) groups excluding carboxylic acids is 1. The number of carboxylic acid groups (broad SMARTS) is 1. The van der Waals surface area contributed by atoms with Crippen LogP contribution >= 0.6 is 22.9 Å². The Bertz CT molecular complexity index is 1330. The molecule has 0 radical (unpaired) electrons. The molecule has 0 spiro atoms. The van der Waals surface area contributed by atoms with E-state index < -0.39 is 17.7 Å². The fourth-order valence-corrected chi connectivity index (χ4v) is 4.71. The zero-order chi connectivity index (χ0) is 27.9. The van der Waals surface area contributed by atoms with Gasteiger partial charge in [0.15, 0.2) is 4.80 Å². The molecule has 0 aliphatic heterocycles. The summed E-state index contributed by atoms with van der Waals surface area (Å²) in [5.74, 6) is -0.814. The van der Waals surface area contributed by atoms with Crippen molar-refractivity contribution in [2.45, 2.75) is 45.8 Å². The van der Waals surface area contributed by atoms with Gasteiger partial charge < -0.3 is 24.0 Å². The Morgan fingerprint density at radius 3 is 2.50 bits per heavy atom. The van der Waals surface area contributed by atoms with Gasteiger partial charge in [0.2, 0.25) is 0 Å². The second-order valence-corrected chi connectivity index (χ2v) is 10.7. The zero-order valence-corrected chi connectivity index (χ0v) is 23.3. The van der Waals surface area contributed by atoms with Crippen molar-refractivity contribution in [2.75, 3.05) is 20.2 Å². The maximum atomic E-state index is 13.6. The van der Waals surface area contributed by atoms with E-state index in [1.807, 2.05) is 9.95 Å². The summed E-state index contributed by atoms with van der Waals surface area (Å²) in [6, 6.07) is 11.3. The summed E-state index contributed by atoms with van der Waals surface area (Å²) in [7, 11) is 1.54. The van der Waals surface area contributed by atoms with Crippen LogP contribution in [0.1, 0.15) is 33.6 Å². The third kappa shape index (κ3) is 8.32. The predicted molar refractivity (Wildman–Crippen MR) is 146 cm³/mol. The number of ether oxygens (including phenoxy) is 2. The second-order valence-electron chi connectivity index (χ2n) is 9.45. The number of amides is 1. The van der Waals surface area contributed by atoms with Crippen LogP contribution in [0.5, 0.6) is 5.75 Å². The number of hydrogen-bond donors (Lipinski definition) is 1. The van der Waals surface area contributed by atoms with Gasteiger partial charge in [0.25, 0.3) is 0 Å². The van der Waals surface area contributed by atoms with Gasteiger partial charge in [-0.3, -0.25) is 4.79 Å². The molecule has 3 aromatic rings. The summed E-state index contributed by atoms with van der Waals surface area (Å²) in [6.45, 7) is 6.04. The highest BCUT2D eigenvalue weighted by Gasteiger charge is 2.22. The fourth-order valence-electron chi connectivity index (χ4n) is 3.60. The maximum Gasteiger partial charge on any atom is 0.410 e. The summed E-state index contributed by atoms with van der Waals surface area (Å²) < 4.78 is 26.5. The molecule has 3 rings (SSSR count). The van der Waals surface area contributed by atoms with Crippen molar-refractivity contribution < 1.29 is 28.6 Å². The van der Waals surface area contributed by atoms with Crippen molar-refractivity contribution in [2.24, 2.45) is 4.99 Å². The highest BCUT2D eigenvalue weighted by Crippen LogP contribution is 2.30. The van der Waals surface area contributed by atoms with E-state index in [-0.39, 0.29) is 25.3 Å². The lowest BCUT2D eigenvalue weighted by molar-refractivity contribution is -0.137. The molecule has 0 fully saturated rings. The largest absolute Gasteiger partial charge is 0.494 e. The first kappa shape index (κ1) is 29.2. The summed E-state index contributed by atoms with van der Waals surface area (Å²) >= 11 is 7.51. The quantitative estimate of drug-likeness (QED) is 0.310. The third-order valence-corrected chi connectivity index (χ3v) is 6.45. The van der Waals surface area contributed by atoms with Gasteiger partial charge in [-0.05, 0) is 69.2 Å². The summed E-state index contributed by atoms with van der Waals surface area (Å²) in [5.41, 5.74) is 1.52. The number of aromatic nitrogens is 1. The lowest BCUT2D eigenvalue weighted by Gasteiger charge is -2.27. The monoisotopic (exact) mass is 563 g/mol. The number of aliphatic carboxylic acids is 1. The van der Waals surface area contributed by atoms with E-state index in [4.69, 9.17) is 31.2 Å². The van der Waals surface area contributed by atoms with Gasteiger partial charge in [-0.1, -0.05) is 11.6 Å². The lowest BCUT2D eigenvalue weighted by Crippen LogP contribution is -2.39. The smallest absolute Gasteiger partial charge is 0.410 e. The number of hydrogen-bond acceptors (Lipinski definition) is 6. The van der Waals surface area contributed by atoms with Crippen molar-refractivity contribution in [3.8, 4) is 17.0 Å². The number of carbonyl (C=O) groups is 2. The Hall–Kier alpha value is -3.37. The minimum Gasteiger partial charge on any atom is -0.494 e. The van der Waals surface area contributed by atoms with E-state index in [2.05, 4.69) is 0 Å². The van der Waals surface area contributed by atoms with E-state index in [9.17, 15) is 14.0 Å². The molecule has 2 aromatic carbocycles. The van der Waals surface area contributed by atoms with E-state index >= 15 is 0 Å². The molecule has 8 nitrogen and oxygen atoms in total. The first-order valence-corrected chi connectivity index (χ1v) is 13.2. The number of benzene rings is 2. The van der Waals surface area contributed by atoms with E-state index in [1.54, 1.807) is 58.2 Å². The number of carboxylic acids is 1. The summed E-state index contributed by atoms with van der Waals surface area (Å²) in [5, 5.41) is 11.6. The first-order valence-electron chi connectivity index (χ1n) is 12.0. The third-order valence-electron chi connectivity index (χ3n) is 5.35. The minimum atomic E-state index is -0.998. The standard InChI is InChI=1S/C27H31ClFN3O5S/c1-27(2,3)37-26(35)31(15-12-24(33)34)13-5-14-32-22(18-6-9-20(29)10-7-18)17-38-25(32)30-21-11-8-19(28)16-23(21)36-4/h6-11,16-17H,5,12-15H2,1-4H3,(H,33,34). The molecule has 0 bridgehead atoms. The topological polar surface area (TPSA) is 93.4 Å². The van der Waals surface area contributed by atoms with Crippen LogP contribution in [0.3, 0.4) is 0 Å². The summed E-state index contributed by atoms with van der Waals surface area (Å²) in [4.78, 5) is 30.7. The average molecular weight is 564 g/mol. The highest BCUT2D eigenvalue weighted by atomic mass is 35.5. The molecule has 1 amide bonds. The van der Waals surface area contributed by atoms with Crippen molar-refractivity contribution >= 4 is 40.7 Å². The Labute approximate surface area is 229 Å². The van der Waals surface area contributed by atoms with Gasteiger partial charge in [0.05, 0.1) is 19.2 Å². The molecule has 0 aliphatic carbocycles. The molecule has 0 saturated heterocycles. The maximum absolute atomic E-state index is 13.6. The van der Waals surface area contributed by atoms with Gasteiger partial charge in [-0.2, -0.15) is 0 Å². The lowest BCUT2D eigenvalue weighted by atomic mass is 10.1. The first-order chi connectivity index (χ1) is 18.0. The van der Waals surface area contributed by atoms with Crippen molar-refractivity contribution in [1.29, 1.82) is 0 Å². The molecule has 0 unspecified atom stereocenters. The molecule has 204 valence electrons. The van der Waals surface area contributed by atoms with E-state index in [0.29, 0.717) is 34.2 Å². The second kappa shape index (κ2) is 12.9. The SMILES string of the molecule is COc1cc(Cl)ccc1N=c1scc(-c2ccc(F)cc2)n1CCCN(CCC(=O)O)C(=O)OC(C)(C)C. The molecule has 1 N–H and O–H groups in total. The van der Waals surface area contributed by atoms with Crippen LogP contribution in [0, 0.1) is 5.82 Å². The minimum absolute atomic E-state index is 0.0303. The fraction of sp³-hybridized carbons (Fsp3) is 0.370. The molecule has 0 saturated carbocycles. The van der Waals surface area contributed by atoms with Crippen LogP contribution < -0.4 is 9.54 Å². The van der Waals surface area contributed by atoms with Crippen LogP contribution in [0.2, 0.25) is 5.02 Å². The number of nitrogens with zero attached hydrogens (tertiary/aromatic N) is 3. The van der Waals surface area contributed by atoms with Crippen LogP contribution in [0.25, 0.3) is 11.3 Å². The normalized spacial score (nSPS) is 11.9. The van der Waals surface area contributed by atoms with Gasteiger partial charge in [0, 0.05) is 36.1 Å². The molecule has 0 aliphatic rings. The van der Waals surface area contributed by atoms with Crippen molar-refractivity contribution in [3.05, 3.63) is 63.5 Å². The van der Waals surface area contributed by atoms with E-state index in [1.165, 1.54) is 28.4 Å². The average Bonchev–Trinajstić information content (AvgIpc) is 3.23. The van der Waals surface area contributed by atoms with Gasteiger partial charge in [0.1, 0.15) is 22.9 Å². The van der Waals surface area contributed by atoms with Crippen molar-refractivity contribution in [3.63, 3.8) is 0 Å². The molecule has 1 aromatic heterocycles.